The minimum absolute atomic E-state index is 0. The van der Waals surface area contributed by atoms with Crippen LogP contribution < -0.4 is 15.8 Å². The average molecular weight is 424 g/mol. The second-order valence-electron chi connectivity index (χ2n) is 8.20. The molecule has 0 radical (unpaired) electrons. The van der Waals surface area contributed by atoms with Crippen LogP contribution in [0, 0.1) is 17.8 Å². The van der Waals surface area contributed by atoms with Crippen LogP contribution in [0.5, 0.6) is 5.75 Å². The molecule has 2 aliphatic carbocycles. The zero-order valence-corrected chi connectivity index (χ0v) is 18.2. The molecular formula is C22H34ClN3O3. The Balaban J connectivity index is 0.00000300. The lowest BCUT2D eigenvalue weighted by atomic mass is 9.65. The van der Waals surface area contributed by atoms with Crippen molar-refractivity contribution in [2.45, 2.75) is 51.5 Å². The highest BCUT2D eigenvalue weighted by Gasteiger charge is 2.41. The van der Waals surface area contributed by atoms with Crippen molar-refractivity contribution in [3.05, 3.63) is 24.3 Å². The number of halogens is 1. The molecule has 0 saturated heterocycles. The maximum absolute atomic E-state index is 13.2. The Morgan fingerprint density at radius 2 is 1.86 bits per heavy atom. The molecule has 0 aromatic heterocycles. The molecule has 2 atom stereocenters. The number of amides is 2. The normalized spacial score (nSPS) is 25.5. The van der Waals surface area contributed by atoms with Gasteiger partial charge in [0.15, 0.2) is 0 Å². The van der Waals surface area contributed by atoms with Gasteiger partial charge >= 0.3 is 0 Å². The molecule has 2 amide bonds. The molecule has 2 bridgehead atoms. The van der Waals surface area contributed by atoms with Crippen molar-refractivity contribution in [2.24, 2.45) is 23.5 Å². The first-order chi connectivity index (χ1) is 13.5. The fourth-order valence-corrected chi connectivity index (χ4v) is 4.90. The van der Waals surface area contributed by atoms with E-state index in [2.05, 4.69) is 5.32 Å². The van der Waals surface area contributed by atoms with Gasteiger partial charge in [-0.15, -0.1) is 12.4 Å². The number of anilines is 1. The summed E-state index contributed by atoms with van der Waals surface area (Å²) < 4.78 is 5.29. The minimum Gasteiger partial charge on any atom is -0.495 e. The number of hydrogen-bond donors (Lipinski definition) is 2. The number of carbonyl (C=O) groups is 2. The van der Waals surface area contributed by atoms with Crippen LogP contribution in [0.2, 0.25) is 0 Å². The lowest BCUT2D eigenvalue weighted by Crippen LogP contribution is -2.50. The molecule has 2 unspecified atom stereocenters. The second-order valence-corrected chi connectivity index (χ2v) is 8.20. The molecule has 2 fully saturated rings. The molecule has 2 aliphatic rings. The van der Waals surface area contributed by atoms with Gasteiger partial charge < -0.3 is 20.7 Å². The van der Waals surface area contributed by atoms with Gasteiger partial charge in [-0.2, -0.15) is 0 Å². The lowest BCUT2D eigenvalue weighted by molar-refractivity contribution is -0.141. The van der Waals surface area contributed by atoms with Gasteiger partial charge in [0.2, 0.25) is 11.8 Å². The van der Waals surface area contributed by atoms with Crippen LogP contribution in [0.25, 0.3) is 0 Å². The Bertz CT molecular complexity index is 686. The number of benzene rings is 1. The first kappa shape index (κ1) is 23.5. The van der Waals surface area contributed by atoms with E-state index in [0.717, 1.165) is 32.1 Å². The summed E-state index contributed by atoms with van der Waals surface area (Å²) in [6.45, 7) is 2.70. The number of ether oxygens (including phenoxy) is 1. The van der Waals surface area contributed by atoms with Crippen molar-refractivity contribution in [3.8, 4) is 5.75 Å². The third kappa shape index (κ3) is 5.64. The predicted molar refractivity (Wildman–Crippen MR) is 117 cm³/mol. The maximum atomic E-state index is 13.2. The lowest BCUT2D eigenvalue weighted by Gasteiger charge is -2.44. The monoisotopic (exact) mass is 423 g/mol. The summed E-state index contributed by atoms with van der Waals surface area (Å²) >= 11 is 0. The number of para-hydroxylation sites is 2. The fraction of sp³-hybridized carbons (Fsp3) is 0.636. The van der Waals surface area contributed by atoms with Crippen LogP contribution in [-0.2, 0) is 9.59 Å². The van der Waals surface area contributed by atoms with Crippen molar-refractivity contribution in [1.29, 1.82) is 0 Å². The summed E-state index contributed by atoms with van der Waals surface area (Å²) in [4.78, 5) is 27.6. The number of rotatable bonds is 7. The summed E-state index contributed by atoms with van der Waals surface area (Å²) in [5.74, 6) is 1.43. The summed E-state index contributed by atoms with van der Waals surface area (Å²) in [5, 5.41) is 2.88. The van der Waals surface area contributed by atoms with Crippen molar-refractivity contribution in [2.75, 3.05) is 25.5 Å². The molecular weight excluding hydrogens is 390 g/mol. The largest absolute Gasteiger partial charge is 0.495 e. The highest BCUT2D eigenvalue weighted by atomic mass is 35.5. The van der Waals surface area contributed by atoms with E-state index in [1.165, 1.54) is 6.42 Å². The molecule has 0 heterocycles. The predicted octanol–water partition coefficient (Wildman–Crippen LogP) is 3.45. The first-order valence-electron chi connectivity index (χ1n) is 10.5. The average Bonchev–Trinajstić information content (AvgIpc) is 2.67. The maximum Gasteiger partial charge on any atom is 0.244 e. The Kier molecular flexibility index (Phi) is 8.78. The van der Waals surface area contributed by atoms with Crippen molar-refractivity contribution >= 4 is 29.9 Å². The van der Waals surface area contributed by atoms with Crippen LogP contribution in [0.4, 0.5) is 5.69 Å². The summed E-state index contributed by atoms with van der Waals surface area (Å²) in [7, 11) is 1.57. The standard InChI is InChI=1S/C22H33N3O3.ClH/c1-3-11-25(14-20(26)24-18-9-4-5-10-19(18)28-2)22(27)17-12-15-7-6-8-16(13-17)21(15)23;/h4-5,9-10,15-17,21H,3,6-8,11-14,23H2,1-2H3,(H,24,26);1H. The quantitative estimate of drug-likeness (QED) is 0.703. The number of nitrogens with zero attached hydrogens (tertiary/aromatic N) is 1. The molecule has 2 saturated carbocycles. The third-order valence-corrected chi connectivity index (χ3v) is 6.28. The minimum atomic E-state index is -0.195. The van der Waals surface area contributed by atoms with E-state index in [1.807, 2.05) is 19.1 Å². The van der Waals surface area contributed by atoms with Crippen molar-refractivity contribution < 1.29 is 14.3 Å². The molecule has 7 heteroatoms. The highest BCUT2D eigenvalue weighted by Crippen LogP contribution is 2.42. The van der Waals surface area contributed by atoms with Gasteiger partial charge in [-0.05, 0) is 56.1 Å². The molecule has 1 aromatic rings. The molecule has 0 aliphatic heterocycles. The number of hydrogen-bond acceptors (Lipinski definition) is 4. The molecule has 29 heavy (non-hydrogen) atoms. The number of carbonyl (C=O) groups excluding carboxylic acids is 2. The van der Waals surface area contributed by atoms with Gasteiger partial charge in [-0.3, -0.25) is 9.59 Å². The SMILES string of the molecule is CCCN(CC(=O)Nc1ccccc1OC)C(=O)C1CC2CCCC(C1)C2N.Cl. The zero-order chi connectivity index (χ0) is 20.1. The fourth-order valence-electron chi connectivity index (χ4n) is 4.90. The van der Waals surface area contributed by atoms with Gasteiger partial charge in [-0.1, -0.05) is 25.5 Å². The van der Waals surface area contributed by atoms with E-state index in [1.54, 1.807) is 24.1 Å². The summed E-state index contributed by atoms with van der Waals surface area (Å²) in [6, 6.07) is 7.54. The number of nitrogens with one attached hydrogen (secondary N) is 1. The van der Waals surface area contributed by atoms with Crippen LogP contribution in [0.3, 0.4) is 0 Å². The number of fused-ring (bicyclic) bond motifs is 2. The topological polar surface area (TPSA) is 84.7 Å². The van der Waals surface area contributed by atoms with E-state index in [4.69, 9.17) is 10.5 Å². The Morgan fingerprint density at radius 1 is 1.21 bits per heavy atom. The molecule has 1 aromatic carbocycles. The zero-order valence-electron chi connectivity index (χ0n) is 17.4. The Labute approximate surface area is 179 Å². The van der Waals surface area contributed by atoms with Gasteiger partial charge in [0.1, 0.15) is 5.75 Å². The summed E-state index contributed by atoms with van der Waals surface area (Å²) in [5.41, 5.74) is 7.00. The smallest absolute Gasteiger partial charge is 0.244 e. The van der Waals surface area contributed by atoms with Crippen LogP contribution in [0.1, 0.15) is 45.4 Å². The molecule has 162 valence electrons. The van der Waals surface area contributed by atoms with Gasteiger partial charge in [0.25, 0.3) is 0 Å². The summed E-state index contributed by atoms with van der Waals surface area (Å²) in [6.07, 6.45) is 6.04. The molecule has 0 spiro atoms. The highest BCUT2D eigenvalue weighted by molar-refractivity contribution is 5.96. The first-order valence-corrected chi connectivity index (χ1v) is 10.5. The van der Waals surface area contributed by atoms with E-state index in [-0.39, 0.29) is 42.7 Å². The Hall–Kier alpha value is -1.79. The van der Waals surface area contributed by atoms with E-state index in [0.29, 0.717) is 29.8 Å². The molecule has 3 rings (SSSR count). The van der Waals surface area contributed by atoms with Crippen LogP contribution in [0.15, 0.2) is 24.3 Å². The van der Waals surface area contributed by atoms with E-state index >= 15 is 0 Å². The molecule has 6 nitrogen and oxygen atoms in total. The van der Waals surface area contributed by atoms with Crippen LogP contribution >= 0.6 is 12.4 Å². The number of methoxy groups -OCH3 is 1. The van der Waals surface area contributed by atoms with E-state index in [9.17, 15) is 9.59 Å². The Morgan fingerprint density at radius 3 is 2.48 bits per heavy atom. The number of nitrogens with two attached hydrogens (primary N) is 1. The van der Waals surface area contributed by atoms with Crippen molar-refractivity contribution in [3.63, 3.8) is 0 Å². The van der Waals surface area contributed by atoms with Crippen LogP contribution in [-0.4, -0.2) is 43.0 Å². The third-order valence-electron chi connectivity index (χ3n) is 6.28. The second kappa shape index (κ2) is 10.8. The van der Waals surface area contributed by atoms with E-state index < -0.39 is 0 Å². The van der Waals surface area contributed by atoms with Gasteiger partial charge in [0.05, 0.1) is 19.3 Å². The van der Waals surface area contributed by atoms with Gasteiger partial charge in [0, 0.05) is 18.5 Å². The van der Waals surface area contributed by atoms with Crippen molar-refractivity contribution in [1.82, 2.24) is 4.90 Å². The van der Waals surface area contributed by atoms with Gasteiger partial charge in [-0.25, -0.2) is 0 Å². The molecule has 3 N–H and O–H groups in total.